The first kappa shape index (κ1) is 5.96. The highest BCUT2D eigenvalue weighted by Crippen LogP contribution is 2.30. The molecule has 54 valence electrons. The molecule has 0 radical (unpaired) electrons. The second-order valence-electron chi connectivity index (χ2n) is 3.03. The van der Waals surface area contributed by atoms with Gasteiger partial charge in [-0.2, -0.15) is 0 Å². The summed E-state index contributed by atoms with van der Waals surface area (Å²) in [4.78, 5) is 11.1. The fraction of sp³-hybridized carbons (Fsp3) is 0.625. The van der Waals surface area contributed by atoms with E-state index >= 15 is 0 Å². The third kappa shape index (κ3) is 0.753. The zero-order valence-corrected chi connectivity index (χ0v) is 5.84. The number of piperidine rings is 1. The van der Waals surface area contributed by atoms with Crippen molar-refractivity contribution in [2.75, 3.05) is 6.54 Å². The number of carbonyl (C=O) groups excluding carboxylic acids is 1. The van der Waals surface area contributed by atoms with E-state index in [1.54, 1.807) is 0 Å². The topological polar surface area (TPSA) is 29.1 Å². The molecule has 1 aliphatic heterocycles. The molecule has 2 atom stereocenters. The van der Waals surface area contributed by atoms with Gasteiger partial charge in [0.2, 0.25) is 5.91 Å². The molecule has 0 aromatic rings. The summed E-state index contributed by atoms with van der Waals surface area (Å²) >= 11 is 0. The number of fused-ring (bicyclic) bond motifs is 1. The monoisotopic (exact) mass is 137 g/mol. The van der Waals surface area contributed by atoms with E-state index < -0.39 is 0 Å². The van der Waals surface area contributed by atoms with Crippen molar-refractivity contribution in [3.63, 3.8) is 0 Å². The van der Waals surface area contributed by atoms with Gasteiger partial charge in [-0.3, -0.25) is 4.79 Å². The highest BCUT2D eigenvalue weighted by atomic mass is 16.1. The molecule has 1 amide bonds. The highest BCUT2D eigenvalue weighted by Gasteiger charge is 2.31. The van der Waals surface area contributed by atoms with Crippen LogP contribution in [-0.4, -0.2) is 12.5 Å². The normalized spacial score (nSPS) is 37.4. The molecule has 1 saturated heterocycles. The van der Waals surface area contributed by atoms with Crippen LogP contribution >= 0.6 is 0 Å². The molecule has 0 bridgehead atoms. The summed E-state index contributed by atoms with van der Waals surface area (Å²) < 4.78 is 0. The fourth-order valence-electron chi connectivity index (χ4n) is 1.80. The van der Waals surface area contributed by atoms with Crippen molar-refractivity contribution in [2.24, 2.45) is 11.8 Å². The van der Waals surface area contributed by atoms with Crippen molar-refractivity contribution in [2.45, 2.75) is 12.8 Å². The Labute approximate surface area is 60.3 Å². The number of amides is 1. The molecule has 2 heteroatoms. The third-order valence-corrected chi connectivity index (χ3v) is 2.41. The summed E-state index contributed by atoms with van der Waals surface area (Å²) in [5, 5.41) is 2.86. The molecule has 2 unspecified atom stereocenters. The predicted octanol–water partition coefficient (Wildman–Crippen LogP) is 0.699. The van der Waals surface area contributed by atoms with E-state index in [1.165, 1.54) is 0 Å². The second-order valence-corrected chi connectivity index (χ2v) is 3.03. The average Bonchev–Trinajstić information content (AvgIpc) is 2.36. The zero-order valence-electron chi connectivity index (χ0n) is 5.84. The Morgan fingerprint density at radius 1 is 1.60 bits per heavy atom. The van der Waals surface area contributed by atoms with Crippen LogP contribution in [0.4, 0.5) is 0 Å². The summed E-state index contributed by atoms with van der Waals surface area (Å²) in [7, 11) is 0. The molecule has 2 aliphatic rings. The first-order valence-electron chi connectivity index (χ1n) is 3.82. The molecular weight excluding hydrogens is 126 g/mol. The van der Waals surface area contributed by atoms with Crippen molar-refractivity contribution in [3.05, 3.63) is 12.2 Å². The molecule has 0 saturated carbocycles. The standard InChI is InChI=1S/C8H11NO/c10-8-7-3-1-2-6(7)4-5-9-8/h1,3,6-7H,2,4-5H2,(H,9,10). The molecule has 0 aromatic heterocycles. The van der Waals surface area contributed by atoms with Crippen LogP contribution in [0.2, 0.25) is 0 Å². The van der Waals surface area contributed by atoms with Crippen LogP contribution in [0.25, 0.3) is 0 Å². The van der Waals surface area contributed by atoms with Gasteiger partial charge in [0.15, 0.2) is 0 Å². The summed E-state index contributed by atoms with van der Waals surface area (Å²) in [6, 6.07) is 0. The first-order valence-corrected chi connectivity index (χ1v) is 3.82. The van der Waals surface area contributed by atoms with Crippen LogP contribution in [0.5, 0.6) is 0 Å². The number of nitrogens with one attached hydrogen (secondary N) is 1. The minimum atomic E-state index is 0.203. The van der Waals surface area contributed by atoms with Gasteiger partial charge in [0.25, 0.3) is 0 Å². The maximum atomic E-state index is 11.1. The quantitative estimate of drug-likeness (QED) is 0.489. The van der Waals surface area contributed by atoms with Crippen molar-refractivity contribution >= 4 is 5.91 Å². The van der Waals surface area contributed by atoms with Crippen LogP contribution in [0.3, 0.4) is 0 Å². The molecule has 2 rings (SSSR count). The van der Waals surface area contributed by atoms with E-state index in [0.29, 0.717) is 5.92 Å². The molecule has 1 fully saturated rings. The van der Waals surface area contributed by atoms with Crippen LogP contribution in [0.15, 0.2) is 12.2 Å². The fourth-order valence-corrected chi connectivity index (χ4v) is 1.80. The van der Waals surface area contributed by atoms with E-state index in [-0.39, 0.29) is 11.8 Å². The van der Waals surface area contributed by atoms with Crippen molar-refractivity contribution in [1.82, 2.24) is 5.32 Å². The minimum Gasteiger partial charge on any atom is -0.356 e. The maximum absolute atomic E-state index is 11.1. The van der Waals surface area contributed by atoms with Crippen LogP contribution in [-0.2, 0) is 4.79 Å². The smallest absolute Gasteiger partial charge is 0.227 e. The summed E-state index contributed by atoms with van der Waals surface area (Å²) in [6.07, 6.45) is 6.43. The first-order chi connectivity index (χ1) is 4.88. The van der Waals surface area contributed by atoms with E-state index in [2.05, 4.69) is 11.4 Å². The molecule has 1 heterocycles. The molecule has 1 N–H and O–H groups in total. The lowest BCUT2D eigenvalue weighted by molar-refractivity contribution is -0.126. The maximum Gasteiger partial charge on any atom is 0.227 e. The summed E-state index contributed by atoms with van der Waals surface area (Å²) in [5.41, 5.74) is 0. The number of allylic oxidation sites excluding steroid dienone is 1. The molecule has 0 spiro atoms. The number of carbonyl (C=O) groups is 1. The minimum absolute atomic E-state index is 0.203. The SMILES string of the molecule is O=C1NCCC2CC=CC12. The Bertz CT molecular complexity index is 186. The lowest BCUT2D eigenvalue weighted by atomic mass is 9.89. The Morgan fingerprint density at radius 2 is 2.50 bits per heavy atom. The van der Waals surface area contributed by atoms with Gasteiger partial charge in [0.1, 0.15) is 0 Å². The van der Waals surface area contributed by atoms with Gasteiger partial charge in [0.05, 0.1) is 5.92 Å². The van der Waals surface area contributed by atoms with E-state index in [9.17, 15) is 4.79 Å². The van der Waals surface area contributed by atoms with E-state index in [0.717, 1.165) is 19.4 Å². The van der Waals surface area contributed by atoms with Gasteiger partial charge >= 0.3 is 0 Å². The van der Waals surface area contributed by atoms with Gasteiger partial charge in [-0.25, -0.2) is 0 Å². The average molecular weight is 137 g/mol. The second kappa shape index (κ2) is 2.11. The van der Waals surface area contributed by atoms with E-state index in [4.69, 9.17) is 0 Å². The Morgan fingerprint density at radius 3 is 3.30 bits per heavy atom. The molecule has 2 nitrogen and oxygen atoms in total. The van der Waals surface area contributed by atoms with Crippen LogP contribution in [0.1, 0.15) is 12.8 Å². The molecule has 10 heavy (non-hydrogen) atoms. The van der Waals surface area contributed by atoms with E-state index in [1.807, 2.05) is 6.08 Å². The van der Waals surface area contributed by atoms with Gasteiger partial charge in [-0.15, -0.1) is 0 Å². The van der Waals surface area contributed by atoms with Crippen molar-refractivity contribution < 1.29 is 4.79 Å². The lowest BCUT2D eigenvalue weighted by Gasteiger charge is -2.24. The predicted molar refractivity (Wildman–Crippen MR) is 38.4 cm³/mol. The van der Waals surface area contributed by atoms with Gasteiger partial charge < -0.3 is 5.32 Å². The van der Waals surface area contributed by atoms with Crippen molar-refractivity contribution in [1.29, 1.82) is 0 Å². The summed E-state index contributed by atoms with van der Waals surface area (Å²) in [5.74, 6) is 1.05. The Balaban J connectivity index is 2.16. The van der Waals surface area contributed by atoms with Gasteiger partial charge in [-0.05, 0) is 18.8 Å². The molecule has 0 aromatic carbocycles. The third-order valence-electron chi connectivity index (χ3n) is 2.41. The molecule has 1 aliphatic carbocycles. The van der Waals surface area contributed by atoms with Gasteiger partial charge in [0, 0.05) is 6.54 Å². The Kier molecular flexibility index (Phi) is 1.26. The number of hydrogen-bond donors (Lipinski definition) is 1. The number of rotatable bonds is 0. The van der Waals surface area contributed by atoms with Crippen LogP contribution in [0, 0.1) is 11.8 Å². The summed E-state index contributed by atoms with van der Waals surface area (Å²) in [6.45, 7) is 0.877. The lowest BCUT2D eigenvalue weighted by Crippen LogP contribution is -2.39. The zero-order chi connectivity index (χ0) is 6.97. The van der Waals surface area contributed by atoms with Crippen molar-refractivity contribution in [3.8, 4) is 0 Å². The number of hydrogen-bond acceptors (Lipinski definition) is 1. The highest BCUT2D eigenvalue weighted by molar-refractivity contribution is 5.81. The Hall–Kier alpha value is -0.790. The molecular formula is C8H11NO. The van der Waals surface area contributed by atoms with Crippen LogP contribution < -0.4 is 5.32 Å². The largest absolute Gasteiger partial charge is 0.356 e. The van der Waals surface area contributed by atoms with Gasteiger partial charge in [-0.1, -0.05) is 12.2 Å².